The summed E-state index contributed by atoms with van der Waals surface area (Å²) in [4.78, 5) is 34.2. The molecule has 0 bridgehead atoms. The molecule has 0 atom stereocenters. The molecule has 3 rings (SSSR count). The van der Waals surface area contributed by atoms with Gasteiger partial charge in [0.25, 0.3) is 17.5 Å². The quantitative estimate of drug-likeness (QED) is 0.275. The molecule has 9 nitrogen and oxygen atoms in total. The molecule has 3 aromatic carbocycles. The van der Waals surface area contributed by atoms with Crippen LogP contribution in [0.25, 0.3) is 0 Å². The van der Waals surface area contributed by atoms with Crippen molar-refractivity contribution >= 4 is 45.3 Å². The number of nitro benzene ring substituents is 1. The zero-order valence-corrected chi connectivity index (χ0v) is 18.1. The number of amides is 2. The van der Waals surface area contributed by atoms with E-state index in [0.717, 1.165) is 5.56 Å². The Hall–Kier alpha value is -4.05. The van der Waals surface area contributed by atoms with E-state index in [1.54, 1.807) is 42.5 Å². The summed E-state index contributed by atoms with van der Waals surface area (Å²) >= 11 is 3.31. The van der Waals surface area contributed by atoms with Gasteiger partial charge in [0, 0.05) is 22.3 Å². The van der Waals surface area contributed by atoms with Crippen LogP contribution in [0.4, 0.5) is 11.4 Å². The number of hydrazone groups is 1. The number of halogens is 1. The number of anilines is 1. The zero-order chi connectivity index (χ0) is 22.9. The van der Waals surface area contributed by atoms with Gasteiger partial charge in [0.05, 0.1) is 16.7 Å². The number of non-ortho nitro benzene ring substituents is 1. The Balaban J connectivity index is 1.46. The van der Waals surface area contributed by atoms with Gasteiger partial charge in [0.15, 0.2) is 6.61 Å². The van der Waals surface area contributed by atoms with E-state index in [1.807, 2.05) is 6.07 Å². The lowest BCUT2D eigenvalue weighted by Gasteiger charge is -2.07. The predicted octanol–water partition coefficient (Wildman–Crippen LogP) is 4.14. The molecule has 0 unspecified atom stereocenters. The van der Waals surface area contributed by atoms with Crippen molar-refractivity contribution in [2.75, 3.05) is 11.9 Å². The van der Waals surface area contributed by atoms with Crippen molar-refractivity contribution in [1.82, 2.24) is 5.43 Å². The average molecular weight is 497 g/mol. The molecule has 32 heavy (non-hydrogen) atoms. The minimum atomic E-state index is -0.515. The van der Waals surface area contributed by atoms with Gasteiger partial charge in [-0.2, -0.15) is 5.10 Å². The van der Waals surface area contributed by atoms with Crippen LogP contribution >= 0.6 is 15.9 Å². The summed E-state index contributed by atoms with van der Waals surface area (Å²) in [6.07, 6.45) is 1.49. The van der Waals surface area contributed by atoms with E-state index in [1.165, 1.54) is 30.5 Å². The van der Waals surface area contributed by atoms with Crippen molar-refractivity contribution in [3.63, 3.8) is 0 Å². The van der Waals surface area contributed by atoms with Crippen molar-refractivity contribution in [3.8, 4) is 5.75 Å². The first kappa shape index (κ1) is 22.6. The lowest BCUT2D eigenvalue weighted by molar-refractivity contribution is -0.384. The largest absolute Gasteiger partial charge is 0.484 e. The van der Waals surface area contributed by atoms with Gasteiger partial charge in [0.1, 0.15) is 5.75 Å². The number of benzene rings is 3. The molecule has 0 aromatic heterocycles. The van der Waals surface area contributed by atoms with Crippen molar-refractivity contribution in [2.45, 2.75) is 0 Å². The summed E-state index contributed by atoms with van der Waals surface area (Å²) in [5.41, 5.74) is 4.02. The Morgan fingerprint density at radius 1 is 1.03 bits per heavy atom. The Morgan fingerprint density at radius 3 is 2.38 bits per heavy atom. The fraction of sp³-hybridized carbons (Fsp3) is 0.0455. The molecule has 3 aromatic rings. The highest BCUT2D eigenvalue weighted by atomic mass is 79.9. The predicted molar refractivity (Wildman–Crippen MR) is 123 cm³/mol. The second kappa shape index (κ2) is 10.8. The van der Waals surface area contributed by atoms with E-state index >= 15 is 0 Å². The first-order valence-corrected chi connectivity index (χ1v) is 10.1. The highest BCUT2D eigenvalue weighted by Crippen LogP contribution is 2.17. The Bertz CT molecular complexity index is 1150. The number of rotatable bonds is 8. The lowest BCUT2D eigenvalue weighted by Crippen LogP contribution is -2.20. The molecule has 0 spiro atoms. The Kier molecular flexibility index (Phi) is 7.65. The van der Waals surface area contributed by atoms with Gasteiger partial charge in [0.2, 0.25) is 0 Å². The number of hydrogen-bond acceptors (Lipinski definition) is 6. The summed E-state index contributed by atoms with van der Waals surface area (Å²) < 4.78 is 6.10. The molecule has 0 heterocycles. The van der Waals surface area contributed by atoms with Crippen LogP contribution in [0.15, 0.2) is 82.4 Å². The lowest BCUT2D eigenvalue weighted by atomic mass is 10.2. The fourth-order valence-electron chi connectivity index (χ4n) is 2.53. The number of nitro groups is 1. The molecule has 2 amide bonds. The van der Waals surface area contributed by atoms with E-state index in [4.69, 9.17) is 4.74 Å². The molecular formula is C22H17BrN4O5. The van der Waals surface area contributed by atoms with Crippen LogP contribution in [-0.2, 0) is 4.79 Å². The van der Waals surface area contributed by atoms with Crippen LogP contribution < -0.4 is 15.5 Å². The van der Waals surface area contributed by atoms with Crippen LogP contribution in [0.1, 0.15) is 15.9 Å². The fourth-order valence-corrected chi connectivity index (χ4v) is 3.00. The van der Waals surface area contributed by atoms with Crippen LogP contribution in [0.5, 0.6) is 5.75 Å². The van der Waals surface area contributed by atoms with Crippen LogP contribution in [0.3, 0.4) is 0 Å². The number of nitrogens with one attached hydrogen (secondary N) is 2. The molecule has 162 valence electrons. The van der Waals surface area contributed by atoms with Gasteiger partial charge in [-0.15, -0.1) is 0 Å². The monoisotopic (exact) mass is 496 g/mol. The molecule has 0 fully saturated rings. The van der Waals surface area contributed by atoms with Gasteiger partial charge >= 0.3 is 0 Å². The minimum absolute atomic E-state index is 0.0598. The Morgan fingerprint density at radius 2 is 1.72 bits per heavy atom. The molecule has 2 N–H and O–H groups in total. The van der Waals surface area contributed by atoms with Gasteiger partial charge in [-0.25, -0.2) is 5.43 Å². The molecule has 0 saturated heterocycles. The standard InChI is InChI=1S/C22H17BrN4O5/c23-20-4-2-1-3-19(20)22(29)26-24-13-15-5-11-18(12-6-15)32-14-21(28)25-16-7-9-17(10-8-16)27(30)31/h1-13H,14H2,(H,25,28)(H,26,29)/b24-13+. The van der Waals surface area contributed by atoms with Crippen molar-refractivity contribution < 1.29 is 19.2 Å². The SMILES string of the molecule is O=C(COc1ccc(/C=N/NC(=O)c2ccccc2Br)cc1)Nc1ccc([N+](=O)[O-])cc1. The molecule has 0 aliphatic heterocycles. The highest BCUT2D eigenvalue weighted by molar-refractivity contribution is 9.10. The second-order valence-electron chi connectivity index (χ2n) is 6.39. The number of hydrogen-bond donors (Lipinski definition) is 2. The maximum absolute atomic E-state index is 12.1. The highest BCUT2D eigenvalue weighted by Gasteiger charge is 2.08. The van der Waals surface area contributed by atoms with E-state index in [-0.39, 0.29) is 18.2 Å². The van der Waals surface area contributed by atoms with Gasteiger partial charge in [-0.1, -0.05) is 12.1 Å². The molecule has 10 heteroatoms. The summed E-state index contributed by atoms with van der Waals surface area (Å²) in [6.45, 7) is -0.230. The van der Waals surface area contributed by atoms with Crippen molar-refractivity contribution in [1.29, 1.82) is 0 Å². The molecule has 0 aliphatic carbocycles. The number of carbonyl (C=O) groups is 2. The number of carbonyl (C=O) groups excluding carboxylic acids is 2. The van der Waals surface area contributed by atoms with E-state index in [0.29, 0.717) is 21.5 Å². The van der Waals surface area contributed by atoms with Gasteiger partial charge in [-0.05, 0) is 70.0 Å². The smallest absolute Gasteiger partial charge is 0.272 e. The third-order valence-electron chi connectivity index (χ3n) is 4.11. The van der Waals surface area contributed by atoms with E-state index in [9.17, 15) is 19.7 Å². The van der Waals surface area contributed by atoms with Crippen molar-refractivity contribution in [2.24, 2.45) is 5.10 Å². The molecule has 0 radical (unpaired) electrons. The zero-order valence-electron chi connectivity index (χ0n) is 16.5. The molecule has 0 saturated carbocycles. The third kappa shape index (κ3) is 6.47. The summed E-state index contributed by atoms with van der Waals surface area (Å²) in [5, 5.41) is 17.2. The average Bonchev–Trinajstić information content (AvgIpc) is 2.79. The molecule has 0 aliphatic rings. The van der Waals surface area contributed by atoms with Crippen molar-refractivity contribution in [3.05, 3.63) is 98.5 Å². The summed E-state index contributed by atoms with van der Waals surface area (Å²) in [7, 11) is 0. The number of nitrogens with zero attached hydrogens (tertiary/aromatic N) is 2. The summed E-state index contributed by atoms with van der Waals surface area (Å²) in [5.74, 6) is -0.273. The van der Waals surface area contributed by atoms with Gasteiger partial charge < -0.3 is 10.1 Å². The van der Waals surface area contributed by atoms with Crippen LogP contribution in [0, 0.1) is 10.1 Å². The van der Waals surface area contributed by atoms with Crippen LogP contribution in [0.2, 0.25) is 0 Å². The Labute approximate surface area is 191 Å². The maximum Gasteiger partial charge on any atom is 0.272 e. The summed E-state index contributed by atoms with van der Waals surface area (Å²) in [6, 6.07) is 19.3. The number of ether oxygens (including phenoxy) is 1. The normalized spacial score (nSPS) is 10.5. The first-order valence-electron chi connectivity index (χ1n) is 9.27. The van der Waals surface area contributed by atoms with E-state index in [2.05, 4.69) is 31.8 Å². The minimum Gasteiger partial charge on any atom is -0.484 e. The van der Waals surface area contributed by atoms with Gasteiger partial charge in [-0.3, -0.25) is 19.7 Å². The maximum atomic E-state index is 12.1. The molecular weight excluding hydrogens is 480 g/mol. The third-order valence-corrected chi connectivity index (χ3v) is 4.80. The topological polar surface area (TPSA) is 123 Å². The van der Waals surface area contributed by atoms with Crippen LogP contribution in [-0.4, -0.2) is 29.6 Å². The van der Waals surface area contributed by atoms with E-state index < -0.39 is 10.8 Å². The second-order valence-corrected chi connectivity index (χ2v) is 7.24. The first-order chi connectivity index (χ1) is 15.4.